The molecular formula is C16H18BrNO2. The van der Waals surface area contributed by atoms with Crippen molar-refractivity contribution in [1.82, 2.24) is 5.32 Å². The minimum Gasteiger partial charge on any atom is -0.393 e. The molecule has 0 saturated carbocycles. The summed E-state index contributed by atoms with van der Waals surface area (Å²) >= 11 is 3.43. The molecule has 106 valence electrons. The molecule has 0 bridgehead atoms. The quantitative estimate of drug-likeness (QED) is 0.821. The molecule has 2 aromatic carbocycles. The Labute approximate surface area is 127 Å². The molecule has 0 saturated heterocycles. The van der Waals surface area contributed by atoms with Gasteiger partial charge in [-0.3, -0.25) is 4.79 Å². The molecule has 0 heterocycles. The lowest BCUT2D eigenvalue weighted by atomic mass is 10.1. The number of hydrogen-bond donors (Lipinski definition) is 2. The lowest BCUT2D eigenvalue weighted by Gasteiger charge is -2.07. The Morgan fingerprint density at radius 3 is 2.70 bits per heavy atom. The number of rotatable bonds is 5. The van der Waals surface area contributed by atoms with Crippen LogP contribution in [0.1, 0.15) is 30.1 Å². The van der Waals surface area contributed by atoms with Gasteiger partial charge in [-0.15, -0.1) is 0 Å². The van der Waals surface area contributed by atoms with Crippen molar-refractivity contribution >= 4 is 32.6 Å². The number of carbonyl (C=O) groups excluding carboxylic acids is 1. The number of halogens is 1. The zero-order chi connectivity index (χ0) is 14.5. The van der Waals surface area contributed by atoms with E-state index in [0.29, 0.717) is 18.5 Å². The molecule has 20 heavy (non-hydrogen) atoms. The number of hydrogen-bond acceptors (Lipinski definition) is 2. The number of carbonyl (C=O) groups is 1. The molecule has 2 aromatic rings. The topological polar surface area (TPSA) is 49.3 Å². The number of benzene rings is 2. The van der Waals surface area contributed by atoms with Crippen LogP contribution in [0.2, 0.25) is 0 Å². The van der Waals surface area contributed by atoms with Crippen LogP contribution in [-0.4, -0.2) is 23.7 Å². The predicted molar refractivity (Wildman–Crippen MR) is 84.9 cm³/mol. The largest absolute Gasteiger partial charge is 0.393 e. The van der Waals surface area contributed by atoms with Gasteiger partial charge in [0, 0.05) is 16.6 Å². The number of aliphatic hydroxyl groups excluding tert-OH is 1. The maximum absolute atomic E-state index is 12.0. The minimum atomic E-state index is -0.314. The highest BCUT2D eigenvalue weighted by Crippen LogP contribution is 2.20. The molecule has 0 fully saturated rings. The summed E-state index contributed by atoms with van der Waals surface area (Å²) in [6.07, 6.45) is 1.17. The maximum atomic E-state index is 12.0. The standard InChI is InChI=1S/C16H18BrNO2/c1-11(19)3-2-8-18-16(20)14-5-4-13-10-15(17)7-6-12(13)9-14/h4-7,9-11,19H,2-3,8H2,1H3,(H,18,20). The normalized spacial score (nSPS) is 12.3. The number of fused-ring (bicyclic) bond motifs is 1. The van der Waals surface area contributed by atoms with Gasteiger partial charge in [-0.25, -0.2) is 0 Å². The van der Waals surface area contributed by atoms with Crippen molar-refractivity contribution in [3.05, 3.63) is 46.4 Å². The number of aliphatic hydroxyl groups is 1. The van der Waals surface area contributed by atoms with Gasteiger partial charge in [-0.2, -0.15) is 0 Å². The molecule has 4 heteroatoms. The Morgan fingerprint density at radius 1 is 1.25 bits per heavy atom. The Balaban J connectivity index is 2.01. The van der Waals surface area contributed by atoms with Gasteiger partial charge in [-0.05, 0) is 54.8 Å². The fourth-order valence-corrected chi connectivity index (χ4v) is 2.44. The van der Waals surface area contributed by atoms with Gasteiger partial charge in [-0.1, -0.05) is 28.1 Å². The molecule has 0 radical (unpaired) electrons. The smallest absolute Gasteiger partial charge is 0.251 e. The van der Waals surface area contributed by atoms with E-state index in [1.54, 1.807) is 6.92 Å². The summed E-state index contributed by atoms with van der Waals surface area (Å²) < 4.78 is 1.03. The van der Waals surface area contributed by atoms with Gasteiger partial charge < -0.3 is 10.4 Å². The van der Waals surface area contributed by atoms with E-state index < -0.39 is 0 Å². The second kappa shape index (κ2) is 6.86. The first-order chi connectivity index (χ1) is 9.56. The molecule has 1 amide bonds. The molecule has 2 N–H and O–H groups in total. The highest BCUT2D eigenvalue weighted by molar-refractivity contribution is 9.10. The van der Waals surface area contributed by atoms with E-state index in [0.717, 1.165) is 21.7 Å². The molecule has 0 spiro atoms. The van der Waals surface area contributed by atoms with Crippen LogP contribution in [0, 0.1) is 0 Å². The van der Waals surface area contributed by atoms with E-state index in [9.17, 15) is 4.79 Å². The molecule has 2 rings (SSSR count). The summed E-state index contributed by atoms with van der Waals surface area (Å²) in [5, 5.41) is 14.2. The van der Waals surface area contributed by atoms with Crippen molar-refractivity contribution < 1.29 is 9.90 Å². The molecule has 0 aliphatic heterocycles. The summed E-state index contributed by atoms with van der Waals surface area (Å²) in [6, 6.07) is 11.7. The Hall–Kier alpha value is -1.39. The van der Waals surface area contributed by atoms with Crippen LogP contribution in [-0.2, 0) is 0 Å². The lowest BCUT2D eigenvalue weighted by molar-refractivity contribution is 0.0950. The van der Waals surface area contributed by atoms with Crippen molar-refractivity contribution in [3.63, 3.8) is 0 Å². The molecule has 3 nitrogen and oxygen atoms in total. The average Bonchev–Trinajstić information content (AvgIpc) is 2.42. The second-order valence-electron chi connectivity index (χ2n) is 4.95. The first-order valence-electron chi connectivity index (χ1n) is 6.72. The third kappa shape index (κ3) is 4.05. The fraction of sp³-hybridized carbons (Fsp3) is 0.312. The first kappa shape index (κ1) is 15.0. The lowest BCUT2D eigenvalue weighted by Crippen LogP contribution is -2.25. The summed E-state index contributed by atoms with van der Waals surface area (Å²) in [5.74, 6) is -0.0691. The van der Waals surface area contributed by atoms with Crippen LogP contribution < -0.4 is 5.32 Å². The zero-order valence-electron chi connectivity index (χ0n) is 11.4. The maximum Gasteiger partial charge on any atom is 0.251 e. The average molecular weight is 336 g/mol. The zero-order valence-corrected chi connectivity index (χ0v) is 13.0. The van der Waals surface area contributed by atoms with E-state index >= 15 is 0 Å². The van der Waals surface area contributed by atoms with Crippen LogP contribution in [0.25, 0.3) is 10.8 Å². The second-order valence-corrected chi connectivity index (χ2v) is 5.87. The highest BCUT2D eigenvalue weighted by Gasteiger charge is 2.06. The van der Waals surface area contributed by atoms with E-state index in [4.69, 9.17) is 5.11 Å². The molecule has 0 aromatic heterocycles. The van der Waals surface area contributed by atoms with Crippen molar-refractivity contribution in [2.24, 2.45) is 0 Å². The van der Waals surface area contributed by atoms with Gasteiger partial charge >= 0.3 is 0 Å². The Bertz CT molecular complexity index is 610. The van der Waals surface area contributed by atoms with E-state index in [1.165, 1.54) is 0 Å². The number of nitrogens with one attached hydrogen (secondary N) is 1. The summed E-state index contributed by atoms with van der Waals surface area (Å²) in [7, 11) is 0. The van der Waals surface area contributed by atoms with Crippen LogP contribution in [0.15, 0.2) is 40.9 Å². The van der Waals surface area contributed by atoms with Crippen molar-refractivity contribution in [2.75, 3.05) is 6.54 Å². The minimum absolute atomic E-state index is 0.0691. The third-order valence-electron chi connectivity index (χ3n) is 3.15. The highest BCUT2D eigenvalue weighted by atomic mass is 79.9. The van der Waals surface area contributed by atoms with Crippen LogP contribution >= 0.6 is 15.9 Å². The molecular weight excluding hydrogens is 318 g/mol. The van der Waals surface area contributed by atoms with E-state index in [-0.39, 0.29) is 12.0 Å². The molecule has 1 atom stereocenters. The SMILES string of the molecule is CC(O)CCCNC(=O)c1ccc2cc(Br)ccc2c1. The summed E-state index contributed by atoms with van der Waals surface area (Å²) in [5.41, 5.74) is 0.664. The first-order valence-corrected chi connectivity index (χ1v) is 7.51. The van der Waals surface area contributed by atoms with Crippen LogP contribution in [0.3, 0.4) is 0 Å². The summed E-state index contributed by atoms with van der Waals surface area (Å²) in [4.78, 5) is 12.0. The Kier molecular flexibility index (Phi) is 5.15. The van der Waals surface area contributed by atoms with Gasteiger partial charge in [0.25, 0.3) is 5.91 Å². The fourth-order valence-electron chi connectivity index (χ4n) is 2.06. The molecule has 0 aliphatic rings. The number of amides is 1. The van der Waals surface area contributed by atoms with Crippen molar-refractivity contribution in [2.45, 2.75) is 25.9 Å². The molecule has 0 aliphatic carbocycles. The van der Waals surface area contributed by atoms with E-state index in [2.05, 4.69) is 21.2 Å². The monoisotopic (exact) mass is 335 g/mol. The van der Waals surface area contributed by atoms with Gasteiger partial charge in [0.15, 0.2) is 0 Å². The molecule has 1 unspecified atom stereocenters. The van der Waals surface area contributed by atoms with Crippen LogP contribution in [0.4, 0.5) is 0 Å². The summed E-state index contributed by atoms with van der Waals surface area (Å²) in [6.45, 7) is 2.34. The third-order valence-corrected chi connectivity index (χ3v) is 3.64. The van der Waals surface area contributed by atoms with Gasteiger partial charge in [0.05, 0.1) is 6.10 Å². The van der Waals surface area contributed by atoms with Gasteiger partial charge in [0.2, 0.25) is 0 Å². The van der Waals surface area contributed by atoms with E-state index in [1.807, 2.05) is 36.4 Å². The van der Waals surface area contributed by atoms with Crippen molar-refractivity contribution in [1.29, 1.82) is 0 Å². The van der Waals surface area contributed by atoms with Crippen molar-refractivity contribution in [3.8, 4) is 0 Å². The predicted octanol–water partition coefficient (Wildman–Crippen LogP) is 3.49. The Morgan fingerprint density at radius 2 is 1.95 bits per heavy atom. The van der Waals surface area contributed by atoms with Crippen LogP contribution in [0.5, 0.6) is 0 Å². The van der Waals surface area contributed by atoms with Gasteiger partial charge in [0.1, 0.15) is 0 Å².